The molecular weight excluding hydrogens is 314 g/mol. The molecule has 2 aliphatic rings. The van der Waals surface area contributed by atoms with Gasteiger partial charge in [-0.05, 0) is 38.7 Å². The zero-order chi connectivity index (χ0) is 17.4. The summed E-state index contributed by atoms with van der Waals surface area (Å²) in [4.78, 5) is 30.3. The summed E-state index contributed by atoms with van der Waals surface area (Å²) in [5.41, 5.74) is 1.77. The van der Waals surface area contributed by atoms with E-state index >= 15 is 0 Å². The minimum Gasteiger partial charge on any atom is -0.360 e. The number of benzene rings is 1. The van der Waals surface area contributed by atoms with Gasteiger partial charge in [0, 0.05) is 47.7 Å². The first-order chi connectivity index (χ1) is 12.1. The summed E-state index contributed by atoms with van der Waals surface area (Å²) in [5.74, 6) is 0.652. The standard InChI is InChI=1S/C20H25N3O2/c1-13(19(24)17-12-21-18-5-3-2-4-16(17)18)23-10-8-15(9-11-23)22-20(25)14-6-7-14/h2-5,12-15,21H,6-11H2,1H3,(H,22,25). The number of ketones is 1. The molecule has 132 valence electrons. The highest BCUT2D eigenvalue weighted by Gasteiger charge is 2.33. The van der Waals surface area contributed by atoms with Gasteiger partial charge in [0.05, 0.1) is 6.04 Å². The van der Waals surface area contributed by atoms with Crippen LogP contribution in [0.25, 0.3) is 10.9 Å². The quantitative estimate of drug-likeness (QED) is 0.823. The molecule has 1 unspecified atom stereocenters. The Bertz CT molecular complexity index is 785. The van der Waals surface area contributed by atoms with Crippen molar-refractivity contribution < 1.29 is 9.59 Å². The van der Waals surface area contributed by atoms with Crippen LogP contribution in [0.5, 0.6) is 0 Å². The summed E-state index contributed by atoms with van der Waals surface area (Å²) in [6, 6.07) is 8.04. The van der Waals surface area contributed by atoms with Crippen LogP contribution in [-0.4, -0.2) is 46.7 Å². The van der Waals surface area contributed by atoms with Gasteiger partial charge in [-0.2, -0.15) is 0 Å². The predicted octanol–water partition coefficient (Wildman–Crippen LogP) is 2.73. The van der Waals surface area contributed by atoms with E-state index in [9.17, 15) is 9.59 Å². The van der Waals surface area contributed by atoms with E-state index in [0.29, 0.717) is 0 Å². The van der Waals surface area contributed by atoms with Crippen molar-refractivity contribution in [1.29, 1.82) is 0 Å². The van der Waals surface area contributed by atoms with Crippen LogP contribution in [0.4, 0.5) is 0 Å². The number of carbonyl (C=O) groups excluding carboxylic acids is 2. The Morgan fingerprint density at radius 2 is 1.88 bits per heavy atom. The zero-order valence-corrected chi connectivity index (χ0v) is 14.6. The molecule has 1 aliphatic heterocycles. The summed E-state index contributed by atoms with van der Waals surface area (Å²) < 4.78 is 0. The molecule has 1 saturated heterocycles. The Hall–Kier alpha value is -2.14. The molecule has 1 amide bonds. The van der Waals surface area contributed by atoms with Gasteiger partial charge in [-0.3, -0.25) is 14.5 Å². The first-order valence-electron chi connectivity index (χ1n) is 9.28. The lowest BCUT2D eigenvalue weighted by molar-refractivity contribution is -0.123. The number of hydrogen-bond acceptors (Lipinski definition) is 3. The number of fused-ring (bicyclic) bond motifs is 1. The number of nitrogens with one attached hydrogen (secondary N) is 2. The summed E-state index contributed by atoms with van der Waals surface area (Å²) >= 11 is 0. The number of piperidine rings is 1. The maximum absolute atomic E-state index is 12.9. The third kappa shape index (κ3) is 3.33. The molecule has 1 aromatic carbocycles. The second-order valence-corrected chi connectivity index (χ2v) is 7.38. The van der Waals surface area contributed by atoms with Crippen LogP contribution >= 0.6 is 0 Å². The molecule has 1 saturated carbocycles. The van der Waals surface area contributed by atoms with Crippen LogP contribution in [0.2, 0.25) is 0 Å². The van der Waals surface area contributed by atoms with Gasteiger partial charge in [-0.1, -0.05) is 18.2 Å². The van der Waals surface area contributed by atoms with Crippen molar-refractivity contribution in [3.8, 4) is 0 Å². The number of aromatic amines is 1. The van der Waals surface area contributed by atoms with Gasteiger partial charge in [-0.25, -0.2) is 0 Å². The van der Waals surface area contributed by atoms with Crippen LogP contribution in [0.3, 0.4) is 0 Å². The minimum absolute atomic E-state index is 0.140. The number of para-hydroxylation sites is 1. The number of amides is 1. The molecule has 2 N–H and O–H groups in total. The molecule has 4 rings (SSSR count). The van der Waals surface area contributed by atoms with Gasteiger partial charge in [-0.15, -0.1) is 0 Å². The fourth-order valence-corrected chi connectivity index (χ4v) is 3.76. The first-order valence-corrected chi connectivity index (χ1v) is 9.28. The fraction of sp³-hybridized carbons (Fsp3) is 0.500. The maximum Gasteiger partial charge on any atom is 0.223 e. The molecule has 0 radical (unpaired) electrons. The van der Waals surface area contributed by atoms with Crippen molar-refractivity contribution in [2.24, 2.45) is 5.92 Å². The van der Waals surface area contributed by atoms with E-state index in [0.717, 1.165) is 55.2 Å². The van der Waals surface area contributed by atoms with Crippen molar-refractivity contribution in [2.45, 2.75) is 44.7 Å². The van der Waals surface area contributed by atoms with E-state index in [1.807, 2.05) is 37.4 Å². The number of Topliss-reactive ketones (excluding diaryl/α,β-unsaturated/α-hetero) is 1. The number of carbonyl (C=O) groups is 2. The van der Waals surface area contributed by atoms with Crippen molar-refractivity contribution in [3.63, 3.8) is 0 Å². The molecular formula is C20H25N3O2. The number of hydrogen-bond donors (Lipinski definition) is 2. The normalized spacial score (nSPS) is 20.5. The monoisotopic (exact) mass is 339 g/mol. The van der Waals surface area contributed by atoms with Crippen LogP contribution < -0.4 is 5.32 Å². The minimum atomic E-state index is -0.140. The highest BCUT2D eigenvalue weighted by Crippen LogP contribution is 2.29. The number of H-pyrrole nitrogens is 1. The van der Waals surface area contributed by atoms with E-state index in [4.69, 9.17) is 0 Å². The maximum atomic E-state index is 12.9. The Kier molecular flexibility index (Phi) is 4.34. The summed E-state index contributed by atoms with van der Waals surface area (Å²) in [5, 5.41) is 4.16. The van der Waals surface area contributed by atoms with Gasteiger partial charge >= 0.3 is 0 Å². The molecule has 0 spiro atoms. The lowest BCUT2D eigenvalue weighted by Crippen LogP contribution is -2.49. The van der Waals surface area contributed by atoms with Gasteiger partial charge in [0.25, 0.3) is 0 Å². The third-order valence-electron chi connectivity index (χ3n) is 5.61. The Balaban J connectivity index is 1.37. The van der Waals surface area contributed by atoms with Crippen LogP contribution in [0.15, 0.2) is 30.5 Å². The zero-order valence-electron chi connectivity index (χ0n) is 14.6. The van der Waals surface area contributed by atoms with Crippen LogP contribution in [0, 0.1) is 5.92 Å². The fourth-order valence-electron chi connectivity index (χ4n) is 3.76. The second kappa shape index (κ2) is 6.64. The predicted molar refractivity (Wildman–Crippen MR) is 97.6 cm³/mol. The summed E-state index contributed by atoms with van der Waals surface area (Å²) in [6.07, 6.45) is 5.75. The molecule has 5 nitrogen and oxygen atoms in total. The number of likely N-dealkylation sites (tertiary alicyclic amines) is 1. The average Bonchev–Trinajstić information content (AvgIpc) is 3.41. The first kappa shape index (κ1) is 16.3. The van der Waals surface area contributed by atoms with Crippen LogP contribution in [-0.2, 0) is 4.79 Å². The van der Waals surface area contributed by atoms with Gasteiger partial charge in [0.2, 0.25) is 5.91 Å². The smallest absolute Gasteiger partial charge is 0.223 e. The topological polar surface area (TPSA) is 65.2 Å². The summed E-state index contributed by atoms with van der Waals surface area (Å²) in [6.45, 7) is 3.70. The molecule has 1 aromatic heterocycles. The van der Waals surface area contributed by atoms with E-state index in [1.165, 1.54) is 0 Å². The van der Waals surface area contributed by atoms with E-state index in [-0.39, 0.29) is 29.7 Å². The van der Waals surface area contributed by atoms with Gasteiger partial charge in [0.1, 0.15) is 0 Å². The number of aromatic nitrogens is 1. The van der Waals surface area contributed by atoms with E-state index in [1.54, 1.807) is 0 Å². The summed E-state index contributed by atoms with van der Waals surface area (Å²) in [7, 11) is 0. The SMILES string of the molecule is CC(C(=O)c1c[nH]c2ccccc12)N1CCC(NC(=O)C2CC2)CC1. The second-order valence-electron chi connectivity index (χ2n) is 7.38. The Morgan fingerprint density at radius 1 is 1.16 bits per heavy atom. The Morgan fingerprint density at radius 3 is 2.60 bits per heavy atom. The highest BCUT2D eigenvalue weighted by molar-refractivity contribution is 6.10. The molecule has 5 heteroatoms. The average molecular weight is 339 g/mol. The largest absolute Gasteiger partial charge is 0.360 e. The van der Waals surface area contributed by atoms with E-state index in [2.05, 4.69) is 15.2 Å². The lowest BCUT2D eigenvalue weighted by atomic mass is 9.99. The van der Waals surface area contributed by atoms with E-state index < -0.39 is 0 Å². The molecule has 1 aliphatic carbocycles. The number of rotatable bonds is 5. The molecule has 0 bridgehead atoms. The molecule has 2 aromatic rings. The molecule has 2 fully saturated rings. The van der Waals surface area contributed by atoms with Gasteiger partial charge in [0.15, 0.2) is 5.78 Å². The molecule has 25 heavy (non-hydrogen) atoms. The number of nitrogens with zero attached hydrogens (tertiary/aromatic N) is 1. The highest BCUT2D eigenvalue weighted by atomic mass is 16.2. The lowest BCUT2D eigenvalue weighted by Gasteiger charge is -2.35. The molecule has 2 heterocycles. The third-order valence-corrected chi connectivity index (χ3v) is 5.61. The Labute approximate surface area is 147 Å². The van der Waals surface area contributed by atoms with Crippen molar-refractivity contribution >= 4 is 22.6 Å². The van der Waals surface area contributed by atoms with Gasteiger partial charge < -0.3 is 10.3 Å². The molecule has 1 atom stereocenters. The van der Waals surface area contributed by atoms with Crippen molar-refractivity contribution in [1.82, 2.24) is 15.2 Å². The van der Waals surface area contributed by atoms with Crippen molar-refractivity contribution in [2.75, 3.05) is 13.1 Å². The van der Waals surface area contributed by atoms with Crippen molar-refractivity contribution in [3.05, 3.63) is 36.0 Å². The van der Waals surface area contributed by atoms with Crippen LogP contribution in [0.1, 0.15) is 43.0 Å².